The molecule has 1 radical (unpaired) electrons. The summed E-state index contributed by atoms with van der Waals surface area (Å²) < 4.78 is 26.0. The third kappa shape index (κ3) is 2.04. The van der Waals surface area contributed by atoms with Crippen molar-refractivity contribution in [2.45, 2.75) is 6.92 Å². The molecule has 0 atom stereocenters. The lowest BCUT2D eigenvalue weighted by molar-refractivity contribution is 0.584. The SMILES string of the molecule is Cc1[c]cccc1-c1cc(F)cc(F)c1. The van der Waals surface area contributed by atoms with Gasteiger partial charge in [-0.1, -0.05) is 18.2 Å². The Kier molecular flexibility index (Phi) is 2.50. The van der Waals surface area contributed by atoms with Gasteiger partial charge < -0.3 is 0 Å². The Morgan fingerprint density at radius 2 is 1.73 bits per heavy atom. The summed E-state index contributed by atoms with van der Waals surface area (Å²) in [6.07, 6.45) is 0. The van der Waals surface area contributed by atoms with Crippen LogP contribution < -0.4 is 0 Å². The van der Waals surface area contributed by atoms with Gasteiger partial charge in [0.1, 0.15) is 11.6 Å². The number of halogens is 2. The summed E-state index contributed by atoms with van der Waals surface area (Å²) in [4.78, 5) is 0. The van der Waals surface area contributed by atoms with Crippen molar-refractivity contribution in [3.05, 3.63) is 59.7 Å². The molecule has 0 fully saturated rings. The molecule has 0 N–H and O–H groups in total. The summed E-state index contributed by atoms with van der Waals surface area (Å²) in [5, 5.41) is 0. The van der Waals surface area contributed by atoms with Gasteiger partial charge in [0.05, 0.1) is 0 Å². The van der Waals surface area contributed by atoms with Gasteiger partial charge in [0, 0.05) is 6.07 Å². The second-order valence-corrected chi connectivity index (χ2v) is 3.37. The van der Waals surface area contributed by atoms with E-state index in [1.54, 1.807) is 12.1 Å². The first-order valence-corrected chi connectivity index (χ1v) is 4.60. The fourth-order valence-corrected chi connectivity index (χ4v) is 1.54. The third-order valence-electron chi connectivity index (χ3n) is 2.24. The molecule has 0 bridgehead atoms. The number of rotatable bonds is 1. The minimum Gasteiger partial charge on any atom is -0.207 e. The van der Waals surface area contributed by atoms with Crippen molar-refractivity contribution in [2.75, 3.05) is 0 Å². The van der Waals surface area contributed by atoms with Gasteiger partial charge in [0.25, 0.3) is 0 Å². The van der Waals surface area contributed by atoms with Crippen LogP contribution in [0.4, 0.5) is 8.78 Å². The molecule has 15 heavy (non-hydrogen) atoms. The molecule has 0 aliphatic rings. The van der Waals surface area contributed by atoms with Crippen LogP contribution in [0.25, 0.3) is 11.1 Å². The number of benzene rings is 2. The van der Waals surface area contributed by atoms with Crippen molar-refractivity contribution in [1.29, 1.82) is 0 Å². The second kappa shape index (κ2) is 3.81. The van der Waals surface area contributed by atoms with Gasteiger partial charge in [-0.2, -0.15) is 0 Å². The standard InChI is InChI=1S/C13H9F2/c1-9-4-2-3-5-13(9)10-6-11(14)8-12(15)7-10/h2-3,5-8H,1H3. The normalized spacial score (nSPS) is 10.3. The summed E-state index contributed by atoms with van der Waals surface area (Å²) in [6.45, 7) is 1.86. The number of hydrogen-bond donors (Lipinski definition) is 0. The first kappa shape index (κ1) is 9.84. The van der Waals surface area contributed by atoms with Crippen molar-refractivity contribution in [3.8, 4) is 11.1 Å². The molecule has 2 rings (SSSR count). The van der Waals surface area contributed by atoms with E-state index in [1.165, 1.54) is 12.1 Å². The zero-order valence-corrected chi connectivity index (χ0v) is 8.22. The number of aryl methyl sites for hydroxylation is 1. The van der Waals surface area contributed by atoms with E-state index in [2.05, 4.69) is 6.07 Å². The van der Waals surface area contributed by atoms with Crippen molar-refractivity contribution in [1.82, 2.24) is 0 Å². The second-order valence-electron chi connectivity index (χ2n) is 3.37. The summed E-state index contributed by atoms with van der Waals surface area (Å²) >= 11 is 0. The fourth-order valence-electron chi connectivity index (χ4n) is 1.54. The van der Waals surface area contributed by atoms with Crippen LogP contribution in [0.15, 0.2) is 36.4 Å². The number of hydrogen-bond acceptors (Lipinski definition) is 0. The maximum atomic E-state index is 13.0. The van der Waals surface area contributed by atoms with Crippen LogP contribution in [0, 0.1) is 24.6 Å². The van der Waals surface area contributed by atoms with Crippen molar-refractivity contribution < 1.29 is 8.78 Å². The van der Waals surface area contributed by atoms with Gasteiger partial charge in [-0.3, -0.25) is 0 Å². The summed E-state index contributed by atoms with van der Waals surface area (Å²) in [6, 6.07) is 11.9. The lowest BCUT2D eigenvalue weighted by Crippen LogP contribution is -1.86. The quantitative estimate of drug-likeness (QED) is 0.662. The molecule has 0 saturated heterocycles. The molecule has 0 saturated carbocycles. The monoisotopic (exact) mass is 203 g/mol. The van der Waals surface area contributed by atoms with E-state index in [9.17, 15) is 8.78 Å². The van der Waals surface area contributed by atoms with Gasteiger partial charge in [-0.05, 0) is 41.8 Å². The molecule has 0 aliphatic heterocycles. The minimum absolute atomic E-state index is 0.543. The first-order valence-electron chi connectivity index (χ1n) is 4.60. The highest BCUT2D eigenvalue weighted by molar-refractivity contribution is 5.66. The smallest absolute Gasteiger partial charge is 0.126 e. The Hall–Kier alpha value is -1.70. The van der Waals surface area contributed by atoms with Crippen molar-refractivity contribution >= 4 is 0 Å². The van der Waals surface area contributed by atoms with Gasteiger partial charge >= 0.3 is 0 Å². The van der Waals surface area contributed by atoms with E-state index in [-0.39, 0.29) is 0 Å². The first-order chi connectivity index (χ1) is 7.16. The Bertz CT molecular complexity index is 469. The zero-order valence-electron chi connectivity index (χ0n) is 8.22. The molecule has 0 amide bonds. The highest BCUT2D eigenvalue weighted by atomic mass is 19.1. The lowest BCUT2D eigenvalue weighted by Gasteiger charge is -2.05. The average Bonchev–Trinajstić information content (AvgIpc) is 2.16. The van der Waals surface area contributed by atoms with E-state index in [4.69, 9.17) is 0 Å². The average molecular weight is 203 g/mol. The van der Waals surface area contributed by atoms with E-state index >= 15 is 0 Å². The van der Waals surface area contributed by atoms with Gasteiger partial charge in [-0.15, -0.1) is 0 Å². The summed E-state index contributed by atoms with van der Waals surface area (Å²) in [5.41, 5.74) is 2.22. The van der Waals surface area contributed by atoms with E-state index < -0.39 is 11.6 Å². The van der Waals surface area contributed by atoms with Gasteiger partial charge in [0.15, 0.2) is 0 Å². The van der Waals surface area contributed by atoms with Crippen LogP contribution >= 0.6 is 0 Å². The third-order valence-corrected chi connectivity index (χ3v) is 2.24. The van der Waals surface area contributed by atoms with Gasteiger partial charge in [0.2, 0.25) is 0 Å². The van der Waals surface area contributed by atoms with Crippen LogP contribution in [0.1, 0.15) is 5.56 Å². The van der Waals surface area contributed by atoms with Crippen LogP contribution in [-0.2, 0) is 0 Å². The van der Waals surface area contributed by atoms with Crippen LogP contribution in [0.2, 0.25) is 0 Å². The molecule has 2 aromatic carbocycles. The predicted molar refractivity (Wildman–Crippen MR) is 55.4 cm³/mol. The summed E-state index contributed by atoms with van der Waals surface area (Å²) in [5.74, 6) is -1.12. The van der Waals surface area contributed by atoms with Crippen molar-refractivity contribution in [2.24, 2.45) is 0 Å². The largest absolute Gasteiger partial charge is 0.207 e. The lowest BCUT2D eigenvalue weighted by atomic mass is 10.0. The molecule has 0 nitrogen and oxygen atoms in total. The molecular weight excluding hydrogens is 194 g/mol. The molecule has 0 aromatic heterocycles. The predicted octanol–water partition coefficient (Wildman–Crippen LogP) is 3.74. The van der Waals surface area contributed by atoms with Crippen LogP contribution in [0.5, 0.6) is 0 Å². The molecule has 2 aromatic rings. The zero-order chi connectivity index (χ0) is 10.8. The molecule has 75 valence electrons. The van der Waals surface area contributed by atoms with Crippen molar-refractivity contribution in [3.63, 3.8) is 0 Å². The Morgan fingerprint density at radius 3 is 2.33 bits per heavy atom. The molecule has 2 heteroatoms. The molecule has 0 spiro atoms. The topological polar surface area (TPSA) is 0 Å². The van der Waals surface area contributed by atoms with Gasteiger partial charge in [-0.25, -0.2) is 8.78 Å². The molecule has 0 aliphatic carbocycles. The van der Waals surface area contributed by atoms with E-state index in [0.29, 0.717) is 5.56 Å². The highest BCUT2D eigenvalue weighted by Crippen LogP contribution is 2.24. The fraction of sp³-hybridized carbons (Fsp3) is 0.0769. The Morgan fingerprint density at radius 1 is 1.07 bits per heavy atom. The van der Waals surface area contributed by atoms with E-state index in [0.717, 1.165) is 17.2 Å². The molecule has 0 unspecified atom stereocenters. The van der Waals surface area contributed by atoms with E-state index in [1.807, 2.05) is 13.0 Å². The molecular formula is C13H9F2. The highest BCUT2D eigenvalue weighted by Gasteiger charge is 2.04. The Balaban J connectivity index is 2.59. The minimum atomic E-state index is -0.562. The Labute approximate surface area is 87.2 Å². The summed E-state index contributed by atoms with van der Waals surface area (Å²) in [7, 11) is 0. The molecule has 0 heterocycles. The maximum absolute atomic E-state index is 13.0. The van der Waals surface area contributed by atoms with Crippen LogP contribution in [0.3, 0.4) is 0 Å². The van der Waals surface area contributed by atoms with Crippen LogP contribution in [-0.4, -0.2) is 0 Å². The maximum Gasteiger partial charge on any atom is 0.126 e.